The molecule has 2 fully saturated rings. The second kappa shape index (κ2) is 7.16. The van der Waals surface area contributed by atoms with E-state index in [2.05, 4.69) is 28.2 Å². The Morgan fingerprint density at radius 1 is 1.17 bits per heavy atom. The number of nitrogens with zero attached hydrogens (tertiary/aromatic N) is 1. The number of H-pyrrole nitrogens is 1. The molecule has 1 unspecified atom stereocenters. The number of rotatable bonds is 4. The predicted octanol–water partition coefficient (Wildman–Crippen LogP) is 4.13. The molecule has 2 heterocycles. The van der Waals surface area contributed by atoms with Crippen molar-refractivity contribution in [2.75, 3.05) is 33.4 Å². The number of benzene rings is 1. The fourth-order valence-corrected chi connectivity index (χ4v) is 4.55. The summed E-state index contributed by atoms with van der Waals surface area (Å²) in [6, 6.07) is 6.86. The third-order valence-corrected chi connectivity index (χ3v) is 5.77. The fourth-order valence-electron chi connectivity index (χ4n) is 4.55. The zero-order valence-electron chi connectivity index (χ0n) is 14.6. The Labute approximate surface area is 144 Å². The molecule has 24 heavy (non-hydrogen) atoms. The Bertz CT molecular complexity index is 651. The average Bonchev–Trinajstić information content (AvgIpc) is 3.07. The first-order valence-corrected chi connectivity index (χ1v) is 9.33. The van der Waals surface area contributed by atoms with Gasteiger partial charge in [0.05, 0.1) is 20.3 Å². The molecule has 1 aromatic heterocycles. The van der Waals surface area contributed by atoms with Gasteiger partial charge in [0.2, 0.25) is 0 Å². The number of nitrogens with one attached hydrogen (secondary N) is 1. The Balaban J connectivity index is 1.74. The molecule has 1 N–H and O–H groups in total. The maximum absolute atomic E-state index is 5.61. The van der Waals surface area contributed by atoms with E-state index in [0.717, 1.165) is 38.0 Å². The summed E-state index contributed by atoms with van der Waals surface area (Å²) in [5.74, 6) is 1.69. The molecule has 1 aromatic carbocycles. The summed E-state index contributed by atoms with van der Waals surface area (Å²) in [7, 11) is 1.74. The summed E-state index contributed by atoms with van der Waals surface area (Å²) >= 11 is 0. The van der Waals surface area contributed by atoms with Crippen LogP contribution in [-0.2, 0) is 4.74 Å². The minimum Gasteiger partial charge on any atom is -0.497 e. The highest BCUT2D eigenvalue weighted by molar-refractivity contribution is 5.85. The van der Waals surface area contributed by atoms with Crippen LogP contribution in [-0.4, -0.2) is 43.3 Å². The van der Waals surface area contributed by atoms with Gasteiger partial charge in [-0.25, -0.2) is 0 Å². The van der Waals surface area contributed by atoms with Crippen LogP contribution in [0.4, 0.5) is 0 Å². The molecule has 4 nitrogen and oxygen atoms in total. The molecule has 1 atom stereocenters. The van der Waals surface area contributed by atoms with Crippen molar-refractivity contribution >= 4 is 10.9 Å². The smallest absolute Gasteiger partial charge is 0.119 e. The predicted molar refractivity (Wildman–Crippen MR) is 96.6 cm³/mol. The minimum absolute atomic E-state index is 0.495. The molecule has 130 valence electrons. The van der Waals surface area contributed by atoms with Crippen LogP contribution in [0.1, 0.15) is 43.7 Å². The largest absolute Gasteiger partial charge is 0.497 e. The van der Waals surface area contributed by atoms with E-state index in [1.165, 1.54) is 48.6 Å². The zero-order chi connectivity index (χ0) is 16.4. The minimum atomic E-state index is 0.495. The monoisotopic (exact) mass is 328 g/mol. The van der Waals surface area contributed by atoms with Crippen LogP contribution in [0, 0.1) is 5.92 Å². The van der Waals surface area contributed by atoms with Gasteiger partial charge in [-0.1, -0.05) is 19.3 Å². The number of methoxy groups -OCH3 is 1. The normalized spacial score (nSPS) is 21.9. The first-order chi connectivity index (χ1) is 11.9. The van der Waals surface area contributed by atoms with Crippen molar-refractivity contribution in [2.24, 2.45) is 5.92 Å². The van der Waals surface area contributed by atoms with E-state index in [1.807, 2.05) is 6.07 Å². The Hall–Kier alpha value is -1.52. The van der Waals surface area contributed by atoms with E-state index < -0.39 is 0 Å². The first kappa shape index (κ1) is 16.0. The highest BCUT2D eigenvalue weighted by atomic mass is 16.5. The van der Waals surface area contributed by atoms with Crippen molar-refractivity contribution in [1.29, 1.82) is 0 Å². The lowest BCUT2D eigenvalue weighted by molar-refractivity contribution is -0.00273. The molecule has 0 radical (unpaired) electrons. The molecule has 0 amide bonds. The number of fused-ring (bicyclic) bond motifs is 1. The number of morpholine rings is 1. The quantitative estimate of drug-likeness (QED) is 0.917. The van der Waals surface area contributed by atoms with E-state index >= 15 is 0 Å². The van der Waals surface area contributed by atoms with E-state index in [0.29, 0.717) is 6.04 Å². The number of ether oxygens (including phenoxy) is 2. The Kier molecular flexibility index (Phi) is 4.76. The Morgan fingerprint density at radius 2 is 1.96 bits per heavy atom. The molecule has 1 saturated carbocycles. The molecule has 4 rings (SSSR count). The molecule has 0 bridgehead atoms. The third-order valence-electron chi connectivity index (χ3n) is 5.77. The van der Waals surface area contributed by atoms with Gasteiger partial charge < -0.3 is 14.5 Å². The van der Waals surface area contributed by atoms with Crippen molar-refractivity contribution in [1.82, 2.24) is 9.88 Å². The van der Waals surface area contributed by atoms with Crippen LogP contribution < -0.4 is 4.74 Å². The molecule has 1 aliphatic carbocycles. The number of hydrogen-bond acceptors (Lipinski definition) is 3. The van der Waals surface area contributed by atoms with Crippen LogP contribution >= 0.6 is 0 Å². The molecule has 2 aliphatic rings. The van der Waals surface area contributed by atoms with Crippen molar-refractivity contribution < 1.29 is 9.47 Å². The van der Waals surface area contributed by atoms with Crippen LogP contribution in [0.5, 0.6) is 5.75 Å². The molecular weight excluding hydrogens is 300 g/mol. The summed E-state index contributed by atoms with van der Waals surface area (Å²) in [6.07, 6.45) is 9.07. The molecule has 0 spiro atoms. The summed E-state index contributed by atoms with van der Waals surface area (Å²) in [6.45, 7) is 3.79. The summed E-state index contributed by atoms with van der Waals surface area (Å²) < 4.78 is 11.1. The van der Waals surface area contributed by atoms with Gasteiger partial charge in [-0.15, -0.1) is 0 Å². The SMILES string of the molecule is COc1ccc2[nH]cc(C(C3CCCCC3)N3CCOCC3)c2c1. The number of aromatic amines is 1. The molecule has 1 aliphatic heterocycles. The summed E-state index contributed by atoms with van der Waals surface area (Å²) in [5, 5.41) is 1.32. The van der Waals surface area contributed by atoms with Crippen molar-refractivity contribution in [3.8, 4) is 5.75 Å². The van der Waals surface area contributed by atoms with E-state index in [1.54, 1.807) is 7.11 Å². The van der Waals surface area contributed by atoms with Gasteiger partial charge in [-0.3, -0.25) is 4.90 Å². The maximum atomic E-state index is 5.61. The lowest BCUT2D eigenvalue weighted by Crippen LogP contribution is -2.42. The fraction of sp³-hybridized carbons (Fsp3) is 0.600. The Morgan fingerprint density at radius 3 is 2.71 bits per heavy atom. The van der Waals surface area contributed by atoms with Crippen LogP contribution in [0.25, 0.3) is 10.9 Å². The van der Waals surface area contributed by atoms with Crippen molar-refractivity contribution in [3.05, 3.63) is 30.0 Å². The van der Waals surface area contributed by atoms with E-state index in [4.69, 9.17) is 9.47 Å². The van der Waals surface area contributed by atoms with Crippen LogP contribution in [0.2, 0.25) is 0 Å². The third kappa shape index (κ3) is 3.05. The van der Waals surface area contributed by atoms with Crippen LogP contribution in [0.3, 0.4) is 0 Å². The molecular formula is C20H28N2O2. The van der Waals surface area contributed by atoms with Gasteiger partial charge in [-0.2, -0.15) is 0 Å². The topological polar surface area (TPSA) is 37.5 Å². The number of hydrogen-bond donors (Lipinski definition) is 1. The molecule has 1 saturated heterocycles. The highest BCUT2D eigenvalue weighted by Gasteiger charge is 2.32. The number of aromatic nitrogens is 1. The second-order valence-electron chi connectivity index (χ2n) is 7.15. The van der Waals surface area contributed by atoms with Crippen molar-refractivity contribution in [2.45, 2.75) is 38.1 Å². The highest BCUT2D eigenvalue weighted by Crippen LogP contribution is 2.41. The molecule has 2 aromatic rings. The first-order valence-electron chi connectivity index (χ1n) is 9.33. The van der Waals surface area contributed by atoms with Gasteiger partial charge in [0, 0.05) is 36.2 Å². The zero-order valence-corrected chi connectivity index (χ0v) is 14.6. The molecule has 4 heteroatoms. The maximum Gasteiger partial charge on any atom is 0.119 e. The van der Waals surface area contributed by atoms with Gasteiger partial charge in [0.1, 0.15) is 5.75 Å². The van der Waals surface area contributed by atoms with E-state index in [-0.39, 0.29) is 0 Å². The van der Waals surface area contributed by atoms with Gasteiger partial charge >= 0.3 is 0 Å². The van der Waals surface area contributed by atoms with Crippen molar-refractivity contribution in [3.63, 3.8) is 0 Å². The van der Waals surface area contributed by atoms with Gasteiger partial charge in [0.15, 0.2) is 0 Å². The average molecular weight is 328 g/mol. The van der Waals surface area contributed by atoms with E-state index in [9.17, 15) is 0 Å². The standard InChI is InChI=1S/C20H28N2O2/c1-23-16-7-8-19-17(13-16)18(14-21-19)20(15-5-3-2-4-6-15)22-9-11-24-12-10-22/h7-8,13-15,20-21H,2-6,9-12H2,1H3. The lowest BCUT2D eigenvalue weighted by Gasteiger charge is -2.40. The second-order valence-corrected chi connectivity index (χ2v) is 7.15. The van der Waals surface area contributed by atoms with Gasteiger partial charge in [0.25, 0.3) is 0 Å². The summed E-state index contributed by atoms with van der Waals surface area (Å²) in [4.78, 5) is 6.14. The lowest BCUT2D eigenvalue weighted by atomic mass is 9.80. The summed E-state index contributed by atoms with van der Waals surface area (Å²) in [5.41, 5.74) is 2.65. The van der Waals surface area contributed by atoms with Crippen LogP contribution in [0.15, 0.2) is 24.4 Å². The van der Waals surface area contributed by atoms with Gasteiger partial charge in [-0.05, 0) is 42.5 Å².